The second-order valence-corrected chi connectivity index (χ2v) is 4.37. The molecule has 0 amide bonds. The first-order valence-electron chi connectivity index (χ1n) is 5.97. The molecule has 0 bridgehead atoms. The lowest BCUT2D eigenvalue weighted by Crippen LogP contribution is -2.33. The van der Waals surface area contributed by atoms with Gasteiger partial charge >= 0.3 is 0 Å². The van der Waals surface area contributed by atoms with Gasteiger partial charge in [-0.15, -0.1) is 0 Å². The van der Waals surface area contributed by atoms with Crippen LogP contribution in [0.3, 0.4) is 0 Å². The van der Waals surface area contributed by atoms with E-state index in [9.17, 15) is 0 Å². The highest BCUT2D eigenvalue weighted by Crippen LogP contribution is 2.31. The lowest BCUT2D eigenvalue weighted by molar-refractivity contribution is 0.156. The van der Waals surface area contributed by atoms with Crippen LogP contribution in [0.1, 0.15) is 43.4 Å². The summed E-state index contributed by atoms with van der Waals surface area (Å²) < 4.78 is 0. The van der Waals surface area contributed by atoms with Crippen molar-refractivity contribution in [1.82, 2.24) is 9.88 Å². The predicted molar refractivity (Wildman–Crippen MR) is 62.8 cm³/mol. The number of hydrogen-bond donors (Lipinski definition) is 0. The average Bonchev–Trinajstić information content (AvgIpc) is 2.30. The van der Waals surface area contributed by atoms with Crippen LogP contribution in [0.15, 0.2) is 18.5 Å². The molecule has 1 aromatic heterocycles. The maximum atomic E-state index is 4.26. The molecule has 1 aliphatic heterocycles. The van der Waals surface area contributed by atoms with Gasteiger partial charge in [-0.3, -0.25) is 9.88 Å². The van der Waals surface area contributed by atoms with Crippen molar-refractivity contribution in [3.05, 3.63) is 29.6 Å². The fourth-order valence-corrected chi connectivity index (χ4v) is 2.55. The molecule has 0 N–H and O–H groups in total. The van der Waals surface area contributed by atoms with Crippen LogP contribution in [0, 0.1) is 6.92 Å². The summed E-state index contributed by atoms with van der Waals surface area (Å²) in [6.45, 7) is 6.85. The minimum atomic E-state index is 0.609. The molecule has 0 aromatic carbocycles. The van der Waals surface area contributed by atoms with Crippen LogP contribution in [0.5, 0.6) is 0 Å². The lowest BCUT2D eigenvalue weighted by Gasteiger charge is -2.35. The Bertz CT molecular complexity index is 322. The minimum Gasteiger partial charge on any atom is -0.297 e. The van der Waals surface area contributed by atoms with E-state index in [-0.39, 0.29) is 0 Å². The van der Waals surface area contributed by atoms with E-state index < -0.39 is 0 Å². The zero-order valence-electron chi connectivity index (χ0n) is 9.74. The molecular formula is C13H20N2. The zero-order chi connectivity index (χ0) is 10.7. The molecule has 0 aliphatic carbocycles. The summed E-state index contributed by atoms with van der Waals surface area (Å²) >= 11 is 0. The number of nitrogens with zero attached hydrogens (tertiary/aromatic N) is 2. The predicted octanol–water partition coefficient (Wildman–Crippen LogP) is 2.94. The van der Waals surface area contributed by atoms with Crippen LogP contribution in [-0.2, 0) is 0 Å². The molecule has 1 aromatic rings. The minimum absolute atomic E-state index is 0.609. The molecule has 0 spiro atoms. The molecule has 1 fully saturated rings. The van der Waals surface area contributed by atoms with Gasteiger partial charge in [0.15, 0.2) is 0 Å². The van der Waals surface area contributed by atoms with Gasteiger partial charge in [0.05, 0.1) is 0 Å². The Morgan fingerprint density at radius 2 is 2.33 bits per heavy atom. The largest absolute Gasteiger partial charge is 0.297 e. The first kappa shape index (κ1) is 10.6. The standard InChI is InChI=1S/C13H20N2/c1-3-15-9-5-4-6-13(15)12-10-14-8-7-11(12)2/h7-8,10,13H,3-6,9H2,1-2H3/t13-/m0/s1. The Balaban J connectivity index is 2.24. The van der Waals surface area contributed by atoms with Crippen molar-refractivity contribution in [3.63, 3.8) is 0 Å². The molecule has 2 heteroatoms. The van der Waals surface area contributed by atoms with Crippen LogP contribution in [0.2, 0.25) is 0 Å². The van der Waals surface area contributed by atoms with Gasteiger partial charge in [0.25, 0.3) is 0 Å². The van der Waals surface area contributed by atoms with Crippen LogP contribution in [0.4, 0.5) is 0 Å². The van der Waals surface area contributed by atoms with Gasteiger partial charge in [-0.2, -0.15) is 0 Å². The third-order valence-corrected chi connectivity index (χ3v) is 3.46. The van der Waals surface area contributed by atoms with Crippen molar-refractivity contribution in [2.24, 2.45) is 0 Å². The van der Waals surface area contributed by atoms with Gasteiger partial charge in [-0.1, -0.05) is 13.3 Å². The maximum absolute atomic E-state index is 4.26. The van der Waals surface area contributed by atoms with Gasteiger partial charge in [-0.05, 0) is 50.0 Å². The Morgan fingerprint density at radius 3 is 3.07 bits per heavy atom. The topological polar surface area (TPSA) is 16.1 Å². The number of aryl methyl sites for hydroxylation is 1. The van der Waals surface area contributed by atoms with E-state index in [1.165, 1.54) is 36.9 Å². The SMILES string of the molecule is CCN1CCCC[C@H]1c1cnccc1C. The number of hydrogen-bond acceptors (Lipinski definition) is 2. The second kappa shape index (κ2) is 4.75. The summed E-state index contributed by atoms with van der Waals surface area (Å²) in [4.78, 5) is 6.84. The molecule has 2 nitrogen and oxygen atoms in total. The maximum Gasteiger partial charge on any atom is 0.0365 e. The second-order valence-electron chi connectivity index (χ2n) is 4.37. The molecule has 82 valence electrons. The molecular weight excluding hydrogens is 184 g/mol. The molecule has 1 saturated heterocycles. The van der Waals surface area contributed by atoms with Gasteiger partial charge in [0, 0.05) is 18.4 Å². The van der Waals surface area contributed by atoms with Crippen molar-refractivity contribution < 1.29 is 0 Å². The molecule has 0 saturated carbocycles. The molecule has 1 aliphatic rings. The normalized spacial score (nSPS) is 22.9. The Morgan fingerprint density at radius 1 is 1.47 bits per heavy atom. The molecule has 2 heterocycles. The monoisotopic (exact) mass is 204 g/mol. The van der Waals surface area contributed by atoms with Gasteiger partial charge in [-0.25, -0.2) is 0 Å². The summed E-state index contributed by atoms with van der Waals surface area (Å²) in [6.07, 6.45) is 7.94. The number of piperidine rings is 1. The van der Waals surface area contributed by atoms with Crippen LogP contribution in [0.25, 0.3) is 0 Å². The molecule has 0 unspecified atom stereocenters. The highest BCUT2D eigenvalue weighted by molar-refractivity contribution is 5.25. The van der Waals surface area contributed by atoms with E-state index in [4.69, 9.17) is 0 Å². The number of likely N-dealkylation sites (tertiary alicyclic amines) is 1. The molecule has 2 rings (SSSR count). The van der Waals surface area contributed by atoms with Gasteiger partial charge in [0.1, 0.15) is 0 Å². The molecule has 1 atom stereocenters. The Hall–Kier alpha value is -0.890. The van der Waals surface area contributed by atoms with Crippen molar-refractivity contribution in [1.29, 1.82) is 0 Å². The fraction of sp³-hybridized carbons (Fsp3) is 0.615. The fourth-order valence-electron chi connectivity index (χ4n) is 2.55. The first-order valence-corrected chi connectivity index (χ1v) is 5.97. The van der Waals surface area contributed by atoms with E-state index >= 15 is 0 Å². The van der Waals surface area contributed by atoms with Crippen LogP contribution >= 0.6 is 0 Å². The van der Waals surface area contributed by atoms with Crippen LogP contribution < -0.4 is 0 Å². The third-order valence-electron chi connectivity index (χ3n) is 3.46. The summed E-state index contributed by atoms with van der Waals surface area (Å²) in [5, 5.41) is 0. The van der Waals surface area contributed by atoms with Gasteiger partial charge < -0.3 is 0 Å². The highest BCUT2D eigenvalue weighted by Gasteiger charge is 2.23. The van der Waals surface area contributed by atoms with Crippen molar-refractivity contribution in [2.75, 3.05) is 13.1 Å². The quantitative estimate of drug-likeness (QED) is 0.736. The van der Waals surface area contributed by atoms with E-state index in [1.54, 1.807) is 0 Å². The Labute approximate surface area is 92.3 Å². The first-order chi connectivity index (χ1) is 7.33. The summed E-state index contributed by atoms with van der Waals surface area (Å²) in [5.74, 6) is 0. The lowest BCUT2D eigenvalue weighted by atomic mass is 9.94. The van der Waals surface area contributed by atoms with Crippen molar-refractivity contribution >= 4 is 0 Å². The highest BCUT2D eigenvalue weighted by atomic mass is 15.2. The average molecular weight is 204 g/mol. The van der Waals surface area contributed by atoms with Crippen molar-refractivity contribution in [3.8, 4) is 0 Å². The van der Waals surface area contributed by atoms with E-state index in [1.807, 2.05) is 12.4 Å². The zero-order valence-corrected chi connectivity index (χ0v) is 9.74. The van der Waals surface area contributed by atoms with E-state index in [0.29, 0.717) is 6.04 Å². The van der Waals surface area contributed by atoms with Gasteiger partial charge in [0.2, 0.25) is 0 Å². The number of pyridine rings is 1. The summed E-state index contributed by atoms with van der Waals surface area (Å²) in [5.41, 5.74) is 2.81. The number of aromatic nitrogens is 1. The molecule has 0 radical (unpaired) electrons. The van der Waals surface area contributed by atoms with E-state index in [2.05, 4.69) is 29.8 Å². The third kappa shape index (κ3) is 2.20. The summed E-state index contributed by atoms with van der Waals surface area (Å²) in [6, 6.07) is 2.73. The van der Waals surface area contributed by atoms with Crippen LogP contribution in [-0.4, -0.2) is 23.0 Å². The number of rotatable bonds is 2. The smallest absolute Gasteiger partial charge is 0.0365 e. The van der Waals surface area contributed by atoms with Crippen molar-refractivity contribution in [2.45, 2.75) is 39.2 Å². The summed E-state index contributed by atoms with van der Waals surface area (Å²) in [7, 11) is 0. The Kier molecular flexibility index (Phi) is 3.37. The molecule has 15 heavy (non-hydrogen) atoms. The van der Waals surface area contributed by atoms with E-state index in [0.717, 1.165) is 6.54 Å².